The van der Waals surface area contributed by atoms with Crippen LogP contribution in [-0.2, 0) is 17.9 Å². The molecule has 4 aromatic rings. The second-order valence-corrected chi connectivity index (χ2v) is 8.69. The van der Waals surface area contributed by atoms with Crippen LogP contribution in [0.5, 0.6) is 5.75 Å². The molecule has 0 spiro atoms. The molecule has 4 nitrogen and oxygen atoms in total. The minimum absolute atomic E-state index is 0.0309. The van der Waals surface area contributed by atoms with Gasteiger partial charge in [-0.3, -0.25) is 4.79 Å². The average molecular weight is 425 g/mol. The van der Waals surface area contributed by atoms with Gasteiger partial charge in [-0.2, -0.15) is 0 Å². The summed E-state index contributed by atoms with van der Waals surface area (Å²) in [5, 5.41) is 4.36. The summed E-state index contributed by atoms with van der Waals surface area (Å²) >= 11 is 0. The van der Waals surface area contributed by atoms with E-state index >= 15 is 0 Å². The SMILES string of the molecule is COc1ccccc1CNC(=O)[C@H]1C[C@@H]1c1cn(Cc2ccc(C)cc2)c2ccccc12. The fraction of sp³-hybridized carbons (Fsp3) is 0.250. The number of benzene rings is 3. The highest BCUT2D eigenvalue weighted by atomic mass is 16.5. The minimum Gasteiger partial charge on any atom is -0.496 e. The summed E-state index contributed by atoms with van der Waals surface area (Å²) < 4.78 is 7.71. The number of ether oxygens (including phenoxy) is 1. The lowest BCUT2D eigenvalue weighted by atomic mass is 10.1. The van der Waals surface area contributed by atoms with Gasteiger partial charge in [0, 0.05) is 41.7 Å². The van der Waals surface area contributed by atoms with E-state index < -0.39 is 0 Å². The molecule has 1 heterocycles. The average Bonchev–Trinajstić information content (AvgIpc) is 3.55. The standard InChI is InChI=1S/C28H28N2O2/c1-19-11-13-20(14-12-19)17-30-18-25(22-8-4-5-9-26(22)30)23-15-24(23)28(31)29-16-21-7-3-6-10-27(21)32-2/h3-14,18,23-24H,15-17H2,1-2H3,(H,29,31)/t23-,24-/m0/s1. The molecular weight excluding hydrogens is 396 g/mol. The first-order valence-electron chi connectivity index (χ1n) is 11.2. The summed E-state index contributed by atoms with van der Waals surface area (Å²) in [6.45, 7) is 3.43. The Morgan fingerprint density at radius 1 is 1.03 bits per heavy atom. The van der Waals surface area contributed by atoms with Crippen molar-refractivity contribution in [2.45, 2.75) is 32.4 Å². The number of hydrogen-bond acceptors (Lipinski definition) is 2. The fourth-order valence-electron chi connectivity index (χ4n) is 4.58. The molecule has 1 amide bonds. The Bertz CT molecular complexity index is 1260. The highest BCUT2D eigenvalue weighted by Crippen LogP contribution is 2.50. The van der Waals surface area contributed by atoms with Gasteiger partial charge < -0.3 is 14.6 Å². The van der Waals surface area contributed by atoms with Crippen LogP contribution in [0.1, 0.15) is 34.6 Å². The van der Waals surface area contributed by atoms with Crippen LogP contribution in [0.4, 0.5) is 0 Å². The summed E-state index contributed by atoms with van der Waals surface area (Å²) in [5.41, 5.74) is 6.06. The predicted molar refractivity (Wildman–Crippen MR) is 128 cm³/mol. The van der Waals surface area contributed by atoms with E-state index in [0.717, 1.165) is 24.3 Å². The van der Waals surface area contributed by atoms with Crippen molar-refractivity contribution >= 4 is 16.8 Å². The zero-order valence-corrected chi connectivity index (χ0v) is 18.5. The Morgan fingerprint density at radius 2 is 1.78 bits per heavy atom. The molecule has 0 aliphatic heterocycles. The molecule has 4 heteroatoms. The van der Waals surface area contributed by atoms with Crippen LogP contribution in [-0.4, -0.2) is 17.6 Å². The van der Waals surface area contributed by atoms with Gasteiger partial charge in [-0.1, -0.05) is 66.2 Å². The third kappa shape index (κ3) is 4.01. The molecule has 1 aromatic heterocycles. The van der Waals surface area contributed by atoms with Crippen molar-refractivity contribution in [3.8, 4) is 5.75 Å². The molecule has 0 unspecified atom stereocenters. The number of carbonyl (C=O) groups is 1. The van der Waals surface area contributed by atoms with Gasteiger partial charge in [-0.25, -0.2) is 0 Å². The van der Waals surface area contributed by atoms with Gasteiger partial charge in [0.1, 0.15) is 5.75 Å². The lowest BCUT2D eigenvalue weighted by Crippen LogP contribution is -2.25. The largest absolute Gasteiger partial charge is 0.496 e. The van der Waals surface area contributed by atoms with Gasteiger partial charge in [0.2, 0.25) is 5.91 Å². The number of nitrogens with zero attached hydrogens (tertiary/aromatic N) is 1. The lowest BCUT2D eigenvalue weighted by Gasteiger charge is -2.09. The second-order valence-electron chi connectivity index (χ2n) is 8.69. The number of para-hydroxylation sites is 2. The number of nitrogens with one attached hydrogen (secondary N) is 1. The van der Waals surface area contributed by atoms with Crippen molar-refractivity contribution < 1.29 is 9.53 Å². The van der Waals surface area contributed by atoms with E-state index in [-0.39, 0.29) is 17.7 Å². The van der Waals surface area contributed by atoms with E-state index in [2.05, 4.69) is 71.5 Å². The van der Waals surface area contributed by atoms with Crippen LogP contribution in [0, 0.1) is 12.8 Å². The lowest BCUT2D eigenvalue weighted by molar-refractivity contribution is -0.122. The Hall–Kier alpha value is -3.53. The van der Waals surface area contributed by atoms with Crippen LogP contribution in [0.15, 0.2) is 79.0 Å². The molecule has 1 N–H and O–H groups in total. The third-order valence-corrected chi connectivity index (χ3v) is 6.47. The van der Waals surface area contributed by atoms with Crippen LogP contribution in [0.25, 0.3) is 10.9 Å². The van der Waals surface area contributed by atoms with Crippen LogP contribution < -0.4 is 10.1 Å². The van der Waals surface area contributed by atoms with Crippen molar-refractivity contribution in [2.24, 2.45) is 5.92 Å². The van der Waals surface area contributed by atoms with Crippen molar-refractivity contribution in [1.29, 1.82) is 0 Å². The molecule has 162 valence electrons. The van der Waals surface area contributed by atoms with Crippen molar-refractivity contribution in [3.63, 3.8) is 0 Å². The van der Waals surface area contributed by atoms with Crippen molar-refractivity contribution in [3.05, 3.63) is 101 Å². The molecule has 1 fully saturated rings. The zero-order chi connectivity index (χ0) is 22.1. The highest BCUT2D eigenvalue weighted by Gasteiger charge is 2.45. The number of aryl methyl sites for hydroxylation is 1. The van der Waals surface area contributed by atoms with E-state index in [1.165, 1.54) is 27.6 Å². The number of methoxy groups -OCH3 is 1. The Balaban J connectivity index is 1.32. The van der Waals surface area contributed by atoms with Crippen LogP contribution >= 0.6 is 0 Å². The topological polar surface area (TPSA) is 43.3 Å². The normalized spacial score (nSPS) is 17.3. The highest BCUT2D eigenvalue weighted by molar-refractivity contribution is 5.89. The number of aromatic nitrogens is 1. The fourth-order valence-corrected chi connectivity index (χ4v) is 4.58. The third-order valence-electron chi connectivity index (χ3n) is 6.47. The summed E-state index contributed by atoms with van der Waals surface area (Å²) in [6, 6.07) is 25.0. The molecule has 1 saturated carbocycles. The molecular formula is C28H28N2O2. The first-order valence-corrected chi connectivity index (χ1v) is 11.2. The van der Waals surface area contributed by atoms with E-state index in [1.54, 1.807) is 7.11 Å². The Morgan fingerprint density at radius 3 is 2.59 bits per heavy atom. The van der Waals surface area contributed by atoms with Crippen molar-refractivity contribution in [1.82, 2.24) is 9.88 Å². The number of rotatable bonds is 7. The predicted octanol–water partition coefficient (Wildman–Crippen LogP) is 5.43. The molecule has 5 rings (SSSR count). The summed E-state index contributed by atoms with van der Waals surface area (Å²) in [4.78, 5) is 12.9. The number of carbonyl (C=O) groups excluding carboxylic acids is 1. The minimum atomic E-state index is 0.0309. The smallest absolute Gasteiger partial charge is 0.224 e. The Kier molecular flexibility index (Phi) is 5.44. The van der Waals surface area contributed by atoms with Gasteiger partial charge in [0.25, 0.3) is 0 Å². The van der Waals surface area contributed by atoms with Crippen LogP contribution in [0.2, 0.25) is 0 Å². The molecule has 3 aromatic carbocycles. The zero-order valence-electron chi connectivity index (χ0n) is 18.5. The molecule has 2 atom stereocenters. The first-order chi connectivity index (χ1) is 15.6. The maximum Gasteiger partial charge on any atom is 0.224 e. The molecule has 0 radical (unpaired) electrons. The van der Waals surface area contributed by atoms with Gasteiger partial charge in [-0.15, -0.1) is 0 Å². The van der Waals surface area contributed by atoms with Gasteiger partial charge in [0.05, 0.1) is 7.11 Å². The molecule has 32 heavy (non-hydrogen) atoms. The molecule has 1 aliphatic rings. The maximum atomic E-state index is 12.9. The number of amides is 1. The second kappa shape index (κ2) is 8.54. The maximum absolute atomic E-state index is 12.9. The Labute approximate surface area is 188 Å². The number of hydrogen-bond donors (Lipinski definition) is 1. The summed E-state index contributed by atoms with van der Waals surface area (Å²) in [5.74, 6) is 1.23. The first kappa shape index (κ1) is 20.4. The van der Waals surface area contributed by atoms with E-state index in [4.69, 9.17) is 4.74 Å². The number of fused-ring (bicyclic) bond motifs is 1. The molecule has 0 saturated heterocycles. The van der Waals surface area contributed by atoms with E-state index in [0.29, 0.717) is 6.54 Å². The van der Waals surface area contributed by atoms with E-state index in [1.807, 2.05) is 24.3 Å². The van der Waals surface area contributed by atoms with E-state index in [9.17, 15) is 4.79 Å². The summed E-state index contributed by atoms with van der Waals surface area (Å²) in [7, 11) is 1.66. The van der Waals surface area contributed by atoms with Gasteiger partial charge in [-0.05, 0) is 42.5 Å². The monoisotopic (exact) mass is 424 g/mol. The molecule has 0 bridgehead atoms. The van der Waals surface area contributed by atoms with Crippen molar-refractivity contribution in [2.75, 3.05) is 7.11 Å². The molecule has 1 aliphatic carbocycles. The quantitative estimate of drug-likeness (QED) is 0.430. The van der Waals surface area contributed by atoms with Gasteiger partial charge >= 0.3 is 0 Å². The summed E-state index contributed by atoms with van der Waals surface area (Å²) in [6.07, 6.45) is 3.15. The van der Waals surface area contributed by atoms with Crippen LogP contribution in [0.3, 0.4) is 0 Å². The van der Waals surface area contributed by atoms with Gasteiger partial charge in [0.15, 0.2) is 0 Å².